The van der Waals surface area contributed by atoms with Crippen LogP contribution in [-0.2, 0) is 13.3 Å². The van der Waals surface area contributed by atoms with Gasteiger partial charge in [-0.1, -0.05) is 29.8 Å². The lowest BCUT2D eigenvalue weighted by molar-refractivity contribution is 0.192. The van der Waals surface area contributed by atoms with Gasteiger partial charge in [0.25, 0.3) is 10.7 Å². The second-order valence-corrected chi connectivity index (χ2v) is 8.57. The zero-order valence-corrected chi connectivity index (χ0v) is 19.6. The van der Waals surface area contributed by atoms with E-state index in [1.807, 2.05) is 31.2 Å². The minimum absolute atomic E-state index is 0.151. The summed E-state index contributed by atoms with van der Waals surface area (Å²) >= 11 is 5.40. The molecule has 0 saturated carbocycles. The standard InChI is InChI=1S/C24H26N6O2S/c1-17-7-9-19(10-8-17)29-13-11-28(12-14-29)16-30-24(33)32-22(27-30)15-31-23-20-5-3-4-6-21(20)25-18(2)26-23/h3-10H,11-16H2,1-2H3. The number of aromatic nitrogens is 4. The molecule has 0 amide bonds. The Hall–Kier alpha value is -3.30. The van der Waals surface area contributed by atoms with Crippen LogP contribution < -0.4 is 9.64 Å². The molecular weight excluding hydrogens is 436 g/mol. The molecule has 0 unspecified atom stereocenters. The molecule has 5 rings (SSSR count). The molecule has 2 aromatic heterocycles. The Kier molecular flexibility index (Phi) is 6.06. The van der Waals surface area contributed by atoms with Crippen molar-refractivity contribution < 1.29 is 9.15 Å². The Morgan fingerprint density at radius 3 is 2.52 bits per heavy atom. The fraction of sp³-hybridized carbons (Fsp3) is 0.333. The molecule has 33 heavy (non-hydrogen) atoms. The SMILES string of the molecule is Cc1ccc(N2CCN(Cn3nc(COc4nc(C)nc5ccccc45)oc3=S)CC2)cc1. The first-order valence-electron chi connectivity index (χ1n) is 11.0. The van der Waals surface area contributed by atoms with Crippen LogP contribution in [0.15, 0.2) is 52.9 Å². The number of hydrogen-bond donors (Lipinski definition) is 0. The summed E-state index contributed by atoms with van der Waals surface area (Å²) in [6, 6.07) is 16.5. The van der Waals surface area contributed by atoms with E-state index in [4.69, 9.17) is 21.4 Å². The predicted octanol–water partition coefficient (Wildman–Crippen LogP) is 4.12. The smallest absolute Gasteiger partial charge is 0.288 e. The molecule has 0 atom stereocenters. The zero-order valence-electron chi connectivity index (χ0n) is 18.8. The van der Waals surface area contributed by atoms with E-state index in [0.717, 1.165) is 37.1 Å². The van der Waals surface area contributed by atoms with Gasteiger partial charge in [-0.3, -0.25) is 4.90 Å². The molecule has 1 fully saturated rings. The summed E-state index contributed by atoms with van der Waals surface area (Å²) in [5.74, 6) is 1.60. The molecule has 2 aromatic carbocycles. The Balaban J connectivity index is 1.20. The van der Waals surface area contributed by atoms with E-state index >= 15 is 0 Å². The number of anilines is 1. The minimum atomic E-state index is 0.151. The first kappa shape index (κ1) is 21.5. The average Bonchev–Trinajstić information content (AvgIpc) is 3.17. The molecule has 1 aliphatic heterocycles. The van der Waals surface area contributed by atoms with Crippen LogP contribution in [0.3, 0.4) is 0 Å². The largest absolute Gasteiger partial charge is 0.467 e. The summed E-state index contributed by atoms with van der Waals surface area (Å²) in [7, 11) is 0. The maximum absolute atomic E-state index is 5.93. The van der Waals surface area contributed by atoms with Crippen LogP contribution in [0.2, 0.25) is 0 Å². The van der Waals surface area contributed by atoms with Gasteiger partial charge in [-0.25, -0.2) is 9.67 Å². The van der Waals surface area contributed by atoms with Crippen LogP contribution >= 0.6 is 12.2 Å². The van der Waals surface area contributed by atoms with E-state index in [9.17, 15) is 0 Å². The molecule has 3 heterocycles. The highest BCUT2D eigenvalue weighted by molar-refractivity contribution is 7.71. The predicted molar refractivity (Wildman–Crippen MR) is 129 cm³/mol. The van der Waals surface area contributed by atoms with Crippen molar-refractivity contribution in [1.82, 2.24) is 24.6 Å². The minimum Gasteiger partial charge on any atom is -0.467 e. The van der Waals surface area contributed by atoms with Crippen molar-refractivity contribution in [2.45, 2.75) is 27.1 Å². The van der Waals surface area contributed by atoms with Crippen molar-refractivity contribution in [2.24, 2.45) is 0 Å². The number of nitrogens with zero attached hydrogens (tertiary/aromatic N) is 6. The maximum Gasteiger partial charge on any atom is 0.288 e. The van der Waals surface area contributed by atoms with E-state index in [1.165, 1.54) is 11.3 Å². The van der Waals surface area contributed by atoms with Crippen LogP contribution in [0.4, 0.5) is 5.69 Å². The van der Waals surface area contributed by atoms with Crippen molar-refractivity contribution in [2.75, 3.05) is 31.1 Å². The number of para-hydroxylation sites is 1. The number of hydrogen-bond acceptors (Lipinski definition) is 8. The fourth-order valence-corrected chi connectivity index (χ4v) is 4.18. The lowest BCUT2D eigenvalue weighted by atomic mass is 10.2. The summed E-state index contributed by atoms with van der Waals surface area (Å²) in [5, 5.41) is 5.38. The van der Waals surface area contributed by atoms with Crippen molar-refractivity contribution in [3.8, 4) is 5.88 Å². The van der Waals surface area contributed by atoms with Crippen LogP contribution in [-0.4, -0.2) is 50.8 Å². The lowest BCUT2D eigenvalue weighted by Gasteiger charge is -2.35. The van der Waals surface area contributed by atoms with E-state index in [-0.39, 0.29) is 6.61 Å². The highest BCUT2D eigenvalue weighted by Gasteiger charge is 2.19. The normalized spacial score (nSPS) is 14.7. The van der Waals surface area contributed by atoms with Gasteiger partial charge in [0.2, 0.25) is 5.88 Å². The lowest BCUT2D eigenvalue weighted by Crippen LogP contribution is -2.46. The van der Waals surface area contributed by atoms with Gasteiger partial charge < -0.3 is 14.1 Å². The molecule has 0 aliphatic carbocycles. The summed E-state index contributed by atoms with van der Waals surface area (Å²) in [6.45, 7) is 8.49. The summed E-state index contributed by atoms with van der Waals surface area (Å²) in [5.41, 5.74) is 3.39. The number of rotatable bonds is 6. The van der Waals surface area contributed by atoms with Crippen LogP contribution in [0.25, 0.3) is 10.9 Å². The van der Waals surface area contributed by atoms with Gasteiger partial charge >= 0.3 is 0 Å². The molecule has 1 aliphatic rings. The Morgan fingerprint density at radius 1 is 0.970 bits per heavy atom. The van der Waals surface area contributed by atoms with E-state index in [1.54, 1.807) is 4.68 Å². The number of ether oxygens (including phenoxy) is 1. The molecule has 4 aromatic rings. The van der Waals surface area contributed by atoms with Gasteiger partial charge in [0.15, 0.2) is 6.61 Å². The number of aryl methyl sites for hydroxylation is 2. The third kappa shape index (κ3) is 4.89. The van der Waals surface area contributed by atoms with Crippen LogP contribution in [0, 0.1) is 18.7 Å². The van der Waals surface area contributed by atoms with Gasteiger partial charge in [-0.2, -0.15) is 4.98 Å². The maximum atomic E-state index is 5.93. The number of piperazine rings is 1. The van der Waals surface area contributed by atoms with Gasteiger partial charge in [0.1, 0.15) is 5.82 Å². The Labute approximate surface area is 197 Å². The highest BCUT2D eigenvalue weighted by Crippen LogP contribution is 2.23. The monoisotopic (exact) mass is 462 g/mol. The van der Waals surface area contributed by atoms with Gasteiger partial charge in [0.05, 0.1) is 17.6 Å². The van der Waals surface area contributed by atoms with Crippen molar-refractivity contribution >= 4 is 28.8 Å². The molecule has 9 heteroatoms. The zero-order chi connectivity index (χ0) is 22.8. The molecule has 170 valence electrons. The summed E-state index contributed by atoms with van der Waals surface area (Å²) in [4.78, 5) is 14.0. The molecular formula is C24H26N6O2S. The van der Waals surface area contributed by atoms with E-state index in [0.29, 0.717) is 29.1 Å². The first-order chi connectivity index (χ1) is 16.0. The third-order valence-corrected chi connectivity index (χ3v) is 6.06. The summed E-state index contributed by atoms with van der Waals surface area (Å²) in [6.07, 6.45) is 0. The van der Waals surface area contributed by atoms with E-state index < -0.39 is 0 Å². The van der Waals surface area contributed by atoms with Crippen molar-refractivity contribution in [3.05, 3.63) is 70.6 Å². The number of fused-ring (bicyclic) bond motifs is 1. The van der Waals surface area contributed by atoms with Gasteiger partial charge in [0, 0.05) is 31.9 Å². The molecule has 0 radical (unpaired) electrons. The topological polar surface area (TPSA) is 72.5 Å². The quantitative estimate of drug-likeness (QED) is 0.396. The van der Waals surface area contributed by atoms with Crippen molar-refractivity contribution in [1.29, 1.82) is 0 Å². The molecule has 0 N–H and O–H groups in total. The first-order valence-corrected chi connectivity index (χ1v) is 11.4. The average molecular weight is 463 g/mol. The van der Waals surface area contributed by atoms with Crippen LogP contribution in [0.5, 0.6) is 5.88 Å². The Morgan fingerprint density at radius 2 is 1.73 bits per heavy atom. The van der Waals surface area contributed by atoms with Gasteiger partial charge in [-0.05, 0) is 50.3 Å². The number of benzene rings is 2. The second-order valence-electron chi connectivity index (χ2n) is 8.23. The van der Waals surface area contributed by atoms with Crippen LogP contribution in [0.1, 0.15) is 17.3 Å². The van der Waals surface area contributed by atoms with Crippen molar-refractivity contribution in [3.63, 3.8) is 0 Å². The second kappa shape index (κ2) is 9.29. The highest BCUT2D eigenvalue weighted by atomic mass is 32.1. The molecule has 0 bridgehead atoms. The summed E-state index contributed by atoms with van der Waals surface area (Å²) < 4.78 is 13.3. The Bertz CT molecular complexity index is 1310. The molecule has 0 spiro atoms. The van der Waals surface area contributed by atoms with E-state index in [2.05, 4.69) is 56.1 Å². The molecule has 8 nitrogen and oxygen atoms in total. The molecule has 1 saturated heterocycles. The van der Waals surface area contributed by atoms with Gasteiger partial charge in [-0.15, -0.1) is 5.10 Å². The fourth-order valence-electron chi connectivity index (χ4n) is 3.99. The third-order valence-electron chi connectivity index (χ3n) is 5.77.